The summed E-state index contributed by atoms with van der Waals surface area (Å²) in [5.74, 6) is 0. The first-order chi connectivity index (χ1) is 9.99. The fraction of sp³-hybridized carbons (Fsp3) is 0.684. The monoisotopic (exact) mass is 294 g/mol. The molecule has 0 aliphatic rings. The van der Waals surface area contributed by atoms with Crippen molar-refractivity contribution in [1.29, 1.82) is 0 Å². The second kappa shape index (κ2) is 12.8. The molecule has 0 saturated heterocycles. The summed E-state index contributed by atoms with van der Waals surface area (Å²) in [6, 6.07) is 0. The van der Waals surface area contributed by atoms with Crippen molar-refractivity contribution >= 4 is 0 Å². The predicted octanol–water partition coefficient (Wildman–Crippen LogP) is 5.80. The molecule has 0 atom stereocenters. The van der Waals surface area contributed by atoms with Crippen molar-refractivity contribution in [3.05, 3.63) is 34.9 Å². The Morgan fingerprint density at radius 3 is 1.86 bits per heavy atom. The van der Waals surface area contributed by atoms with Crippen LogP contribution in [0, 0.1) is 0 Å². The van der Waals surface area contributed by atoms with Crippen LogP contribution in [-0.2, 0) is 9.47 Å². The van der Waals surface area contributed by atoms with Crippen LogP contribution in [-0.4, -0.2) is 19.5 Å². The van der Waals surface area contributed by atoms with Gasteiger partial charge in [-0.15, -0.1) is 0 Å². The fourth-order valence-corrected chi connectivity index (χ4v) is 2.03. The number of hydrogen-bond donors (Lipinski definition) is 0. The largest absolute Gasteiger partial charge is 0.349 e. The molecule has 0 N–H and O–H groups in total. The highest BCUT2D eigenvalue weighted by Crippen LogP contribution is 2.12. The highest BCUT2D eigenvalue weighted by molar-refractivity contribution is 5.06. The first-order valence-corrected chi connectivity index (χ1v) is 8.19. The molecule has 0 unspecified atom stereocenters. The van der Waals surface area contributed by atoms with Gasteiger partial charge in [0.25, 0.3) is 0 Å². The molecule has 21 heavy (non-hydrogen) atoms. The summed E-state index contributed by atoms with van der Waals surface area (Å²) in [4.78, 5) is 0. The smallest absolute Gasteiger partial charge is 0.177 e. The Kier molecular flexibility index (Phi) is 12.3. The van der Waals surface area contributed by atoms with Gasteiger partial charge in [0.1, 0.15) is 0 Å². The summed E-state index contributed by atoms with van der Waals surface area (Å²) in [7, 11) is 0. The van der Waals surface area contributed by atoms with E-state index >= 15 is 0 Å². The molecule has 0 aliphatic heterocycles. The molecule has 0 rings (SSSR count). The zero-order valence-corrected chi connectivity index (χ0v) is 14.9. The van der Waals surface area contributed by atoms with E-state index in [1.165, 1.54) is 16.7 Å². The van der Waals surface area contributed by atoms with E-state index in [1.54, 1.807) is 0 Å². The van der Waals surface area contributed by atoms with Gasteiger partial charge in [-0.3, -0.25) is 0 Å². The lowest BCUT2D eigenvalue weighted by molar-refractivity contribution is -0.104. The van der Waals surface area contributed by atoms with E-state index in [0.717, 1.165) is 25.7 Å². The third kappa shape index (κ3) is 12.6. The zero-order valence-electron chi connectivity index (χ0n) is 14.9. The number of rotatable bonds is 11. The van der Waals surface area contributed by atoms with Gasteiger partial charge in [-0.25, -0.2) is 0 Å². The molecule has 0 aromatic heterocycles. The summed E-state index contributed by atoms with van der Waals surface area (Å²) in [5.41, 5.74) is 4.21. The summed E-state index contributed by atoms with van der Waals surface area (Å²) in [6.07, 6.45) is 11.0. The van der Waals surface area contributed by atoms with Gasteiger partial charge in [0.2, 0.25) is 0 Å². The van der Waals surface area contributed by atoms with Crippen molar-refractivity contribution in [2.75, 3.05) is 13.2 Å². The molecule has 0 saturated carbocycles. The van der Waals surface area contributed by atoms with Crippen molar-refractivity contribution in [3.8, 4) is 0 Å². The summed E-state index contributed by atoms with van der Waals surface area (Å²) in [5, 5.41) is 0. The maximum Gasteiger partial charge on any atom is 0.177 e. The van der Waals surface area contributed by atoms with E-state index in [9.17, 15) is 0 Å². The Hall–Kier alpha value is -0.860. The minimum atomic E-state index is -0.192. The van der Waals surface area contributed by atoms with Gasteiger partial charge in [-0.05, 0) is 73.3 Å². The lowest BCUT2D eigenvalue weighted by Crippen LogP contribution is -2.14. The predicted molar refractivity (Wildman–Crippen MR) is 92.5 cm³/mol. The minimum absolute atomic E-state index is 0.192. The molecule has 2 nitrogen and oxygen atoms in total. The molecule has 0 spiro atoms. The Balaban J connectivity index is 4.15. The molecule has 122 valence electrons. The highest BCUT2D eigenvalue weighted by atomic mass is 16.7. The highest BCUT2D eigenvalue weighted by Gasteiger charge is 2.03. The van der Waals surface area contributed by atoms with E-state index in [-0.39, 0.29) is 6.29 Å². The first kappa shape index (κ1) is 20.1. The van der Waals surface area contributed by atoms with Gasteiger partial charge in [0.15, 0.2) is 6.29 Å². The van der Waals surface area contributed by atoms with Crippen molar-refractivity contribution < 1.29 is 9.47 Å². The maximum absolute atomic E-state index is 5.54. The van der Waals surface area contributed by atoms with Crippen molar-refractivity contribution in [1.82, 2.24) is 0 Å². The van der Waals surface area contributed by atoms with Crippen LogP contribution in [0.25, 0.3) is 0 Å². The standard InChI is InChI=1S/C19H34O2/c1-7-20-19(21-8-2)15-18(6)14-10-13-17(5)12-9-11-16(3)4/h11,13,15,19H,7-10,12,14H2,1-6H3/b17-13+,18-15+. The molecule has 0 bridgehead atoms. The van der Waals surface area contributed by atoms with Crippen molar-refractivity contribution in [3.63, 3.8) is 0 Å². The second-order valence-electron chi connectivity index (χ2n) is 5.70. The van der Waals surface area contributed by atoms with E-state index in [0.29, 0.717) is 13.2 Å². The Bertz CT molecular complexity index is 341. The third-order valence-electron chi connectivity index (χ3n) is 3.21. The van der Waals surface area contributed by atoms with Crippen LogP contribution in [0.4, 0.5) is 0 Å². The topological polar surface area (TPSA) is 18.5 Å². The number of allylic oxidation sites excluding steroid dienone is 5. The average Bonchev–Trinajstić information content (AvgIpc) is 2.38. The minimum Gasteiger partial charge on any atom is -0.349 e. The third-order valence-corrected chi connectivity index (χ3v) is 3.21. The molecular weight excluding hydrogens is 260 g/mol. The van der Waals surface area contributed by atoms with Gasteiger partial charge in [0.05, 0.1) is 0 Å². The van der Waals surface area contributed by atoms with Gasteiger partial charge in [-0.2, -0.15) is 0 Å². The number of hydrogen-bond acceptors (Lipinski definition) is 2. The van der Waals surface area contributed by atoms with Gasteiger partial charge >= 0.3 is 0 Å². The molecule has 0 aromatic rings. The molecule has 0 aliphatic carbocycles. The van der Waals surface area contributed by atoms with Crippen LogP contribution in [0.3, 0.4) is 0 Å². The summed E-state index contributed by atoms with van der Waals surface area (Å²) >= 11 is 0. The molecule has 0 radical (unpaired) electrons. The molecule has 0 aromatic carbocycles. The Labute approximate surface area is 131 Å². The lowest BCUT2D eigenvalue weighted by Gasteiger charge is -2.14. The van der Waals surface area contributed by atoms with Crippen LogP contribution in [0.2, 0.25) is 0 Å². The summed E-state index contributed by atoms with van der Waals surface area (Å²) in [6.45, 7) is 14.0. The molecule has 0 fully saturated rings. The van der Waals surface area contributed by atoms with E-state index in [1.807, 2.05) is 13.8 Å². The summed E-state index contributed by atoms with van der Waals surface area (Å²) < 4.78 is 11.1. The Morgan fingerprint density at radius 2 is 1.33 bits per heavy atom. The molecule has 0 amide bonds. The number of ether oxygens (including phenoxy) is 2. The first-order valence-electron chi connectivity index (χ1n) is 8.19. The van der Waals surface area contributed by atoms with Crippen molar-refractivity contribution in [2.24, 2.45) is 0 Å². The quantitative estimate of drug-likeness (QED) is 0.354. The van der Waals surface area contributed by atoms with Crippen LogP contribution in [0.15, 0.2) is 34.9 Å². The molecule has 0 heterocycles. The second-order valence-corrected chi connectivity index (χ2v) is 5.70. The van der Waals surface area contributed by atoms with E-state index in [2.05, 4.69) is 45.9 Å². The maximum atomic E-state index is 5.54. The van der Waals surface area contributed by atoms with E-state index in [4.69, 9.17) is 9.47 Å². The average molecular weight is 294 g/mol. The molecule has 2 heteroatoms. The zero-order chi connectivity index (χ0) is 16.1. The van der Waals surface area contributed by atoms with E-state index < -0.39 is 0 Å². The van der Waals surface area contributed by atoms with Gasteiger partial charge in [-0.1, -0.05) is 28.9 Å². The normalized spacial score (nSPS) is 12.9. The van der Waals surface area contributed by atoms with Crippen LogP contribution in [0.1, 0.15) is 67.2 Å². The van der Waals surface area contributed by atoms with Crippen molar-refractivity contribution in [2.45, 2.75) is 73.5 Å². The lowest BCUT2D eigenvalue weighted by atomic mass is 10.1. The SMILES string of the molecule is CCOC(/C=C(\C)CC/C=C(\C)CCC=C(C)C)OCC. The molecular formula is C19H34O2. The van der Waals surface area contributed by atoms with Gasteiger partial charge in [0, 0.05) is 13.2 Å². The van der Waals surface area contributed by atoms with Crippen LogP contribution < -0.4 is 0 Å². The van der Waals surface area contributed by atoms with Crippen LogP contribution in [0.5, 0.6) is 0 Å². The Morgan fingerprint density at radius 1 is 0.810 bits per heavy atom. The fourth-order valence-electron chi connectivity index (χ4n) is 2.03. The van der Waals surface area contributed by atoms with Gasteiger partial charge < -0.3 is 9.47 Å². The van der Waals surface area contributed by atoms with Crippen LogP contribution >= 0.6 is 0 Å².